The van der Waals surface area contributed by atoms with E-state index in [2.05, 4.69) is 27.2 Å². The monoisotopic (exact) mass is 297 g/mol. The first-order valence-corrected chi connectivity index (χ1v) is 7.99. The molecule has 2 aromatic heterocycles. The highest BCUT2D eigenvalue weighted by atomic mass is 15.2. The summed E-state index contributed by atoms with van der Waals surface area (Å²) in [5.74, 6) is 0.854. The van der Waals surface area contributed by atoms with E-state index in [0.29, 0.717) is 6.04 Å². The summed E-state index contributed by atoms with van der Waals surface area (Å²) in [6.07, 6.45) is 10.1. The molecule has 0 spiro atoms. The van der Waals surface area contributed by atoms with Gasteiger partial charge in [0.15, 0.2) is 0 Å². The van der Waals surface area contributed by atoms with Crippen LogP contribution in [-0.4, -0.2) is 40.0 Å². The van der Waals surface area contributed by atoms with E-state index in [4.69, 9.17) is 4.98 Å². The first-order chi connectivity index (χ1) is 10.8. The van der Waals surface area contributed by atoms with Gasteiger partial charge < -0.3 is 5.32 Å². The fourth-order valence-corrected chi connectivity index (χ4v) is 2.94. The van der Waals surface area contributed by atoms with Crippen LogP contribution in [0.4, 0.5) is 5.82 Å². The molecule has 116 valence electrons. The van der Waals surface area contributed by atoms with Crippen molar-refractivity contribution >= 4 is 5.82 Å². The van der Waals surface area contributed by atoms with E-state index >= 15 is 0 Å². The van der Waals surface area contributed by atoms with Crippen molar-refractivity contribution in [1.29, 1.82) is 0 Å². The second kappa shape index (κ2) is 7.31. The van der Waals surface area contributed by atoms with Crippen LogP contribution in [0, 0.1) is 0 Å². The van der Waals surface area contributed by atoms with Crippen molar-refractivity contribution in [3.05, 3.63) is 48.2 Å². The third-order valence-electron chi connectivity index (χ3n) is 4.18. The Kier molecular flexibility index (Phi) is 4.96. The first kappa shape index (κ1) is 14.9. The lowest BCUT2D eigenvalue weighted by Gasteiger charge is -2.31. The Hall–Kier alpha value is -2.01. The van der Waals surface area contributed by atoms with E-state index < -0.39 is 0 Å². The molecule has 0 saturated carbocycles. The number of nitrogens with one attached hydrogen (secondary N) is 1. The molecule has 0 aliphatic carbocycles. The van der Waals surface area contributed by atoms with Crippen molar-refractivity contribution in [3.8, 4) is 0 Å². The van der Waals surface area contributed by atoms with Crippen LogP contribution < -0.4 is 5.32 Å². The van der Waals surface area contributed by atoms with Crippen LogP contribution in [0.1, 0.15) is 36.7 Å². The highest BCUT2D eigenvalue weighted by Crippen LogP contribution is 2.28. The lowest BCUT2D eigenvalue weighted by molar-refractivity contribution is 0.183. The van der Waals surface area contributed by atoms with Crippen LogP contribution in [0.5, 0.6) is 0 Å². The molecule has 5 heteroatoms. The summed E-state index contributed by atoms with van der Waals surface area (Å²) in [5.41, 5.74) is 2.16. The van der Waals surface area contributed by atoms with Crippen molar-refractivity contribution < 1.29 is 0 Å². The Labute approximate surface area is 131 Å². The van der Waals surface area contributed by atoms with Crippen molar-refractivity contribution in [3.63, 3.8) is 0 Å². The average molecular weight is 297 g/mol. The van der Waals surface area contributed by atoms with Gasteiger partial charge in [0.2, 0.25) is 0 Å². The number of hydrogen-bond acceptors (Lipinski definition) is 5. The van der Waals surface area contributed by atoms with Gasteiger partial charge in [-0.3, -0.25) is 14.9 Å². The quantitative estimate of drug-likeness (QED) is 0.919. The average Bonchev–Trinajstić information content (AvgIpc) is 2.57. The number of piperidine rings is 1. The molecule has 0 unspecified atom stereocenters. The largest absolute Gasteiger partial charge is 0.368 e. The van der Waals surface area contributed by atoms with Gasteiger partial charge >= 0.3 is 0 Å². The molecule has 1 saturated heterocycles. The Morgan fingerprint density at radius 1 is 1.27 bits per heavy atom. The minimum Gasteiger partial charge on any atom is -0.368 e. The number of anilines is 1. The number of aromatic nitrogens is 3. The number of nitrogens with zero attached hydrogens (tertiary/aromatic N) is 4. The molecule has 0 radical (unpaired) electrons. The fraction of sp³-hybridized carbons (Fsp3) is 0.471. The van der Waals surface area contributed by atoms with Crippen molar-refractivity contribution in [1.82, 2.24) is 19.9 Å². The number of rotatable bonds is 5. The molecule has 1 fully saturated rings. The van der Waals surface area contributed by atoms with E-state index in [1.54, 1.807) is 6.20 Å². The Morgan fingerprint density at radius 3 is 3.05 bits per heavy atom. The predicted molar refractivity (Wildman–Crippen MR) is 87.7 cm³/mol. The van der Waals surface area contributed by atoms with Crippen LogP contribution in [0.3, 0.4) is 0 Å². The maximum Gasteiger partial charge on any atom is 0.144 e. The van der Waals surface area contributed by atoms with Gasteiger partial charge in [-0.2, -0.15) is 0 Å². The van der Waals surface area contributed by atoms with E-state index in [0.717, 1.165) is 36.7 Å². The summed E-state index contributed by atoms with van der Waals surface area (Å²) in [6.45, 7) is 1.96. The van der Waals surface area contributed by atoms with E-state index in [1.165, 1.54) is 19.3 Å². The van der Waals surface area contributed by atoms with E-state index in [1.807, 2.05) is 30.6 Å². The normalized spacial score (nSPS) is 19.0. The van der Waals surface area contributed by atoms with Gasteiger partial charge in [0.25, 0.3) is 0 Å². The molecule has 1 aliphatic rings. The zero-order chi connectivity index (χ0) is 15.2. The molecule has 1 atom stereocenters. The van der Waals surface area contributed by atoms with Crippen LogP contribution >= 0.6 is 0 Å². The fourth-order valence-electron chi connectivity index (χ4n) is 2.94. The number of pyridine rings is 1. The lowest BCUT2D eigenvalue weighted by Crippen LogP contribution is -2.30. The SMILES string of the molecule is CN1CCCC[C@H]1c1cncc(NCCc2ccccn2)n1. The van der Waals surface area contributed by atoms with E-state index in [9.17, 15) is 0 Å². The van der Waals surface area contributed by atoms with Crippen molar-refractivity contribution in [2.24, 2.45) is 0 Å². The molecule has 0 amide bonds. The molecule has 1 aliphatic heterocycles. The summed E-state index contributed by atoms with van der Waals surface area (Å²) in [4.78, 5) is 15.8. The van der Waals surface area contributed by atoms with Gasteiger partial charge in [-0.25, -0.2) is 4.98 Å². The maximum absolute atomic E-state index is 4.74. The van der Waals surface area contributed by atoms with Gasteiger partial charge in [0.1, 0.15) is 5.82 Å². The lowest BCUT2D eigenvalue weighted by atomic mass is 10.0. The van der Waals surface area contributed by atoms with Gasteiger partial charge in [0.05, 0.1) is 24.1 Å². The molecule has 5 nitrogen and oxygen atoms in total. The van der Waals surface area contributed by atoms with Crippen LogP contribution in [0.25, 0.3) is 0 Å². The minimum absolute atomic E-state index is 0.402. The smallest absolute Gasteiger partial charge is 0.144 e. The zero-order valence-corrected chi connectivity index (χ0v) is 13.1. The topological polar surface area (TPSA) is 53.9 Å². The van der Waals surface area contributed by atoms with Crippen LogP contribution in [-0.2, 0) is 6.42 Å². The van der Waals surface area contributed by atoms with Gasteiger partial charge in [-0.05, 0) is 38.6 Å². The molecule has 1 N–H and O–H groups in total. The maximum atomic E-state index is 4.74. The van der Waals surface area contributed by atoms with Crippen LogP contribution in [0.15, 0.2) is 36.8 Å². The standard InChI is InChI=1S/C17H23N5/c1-22-11-5-3-7-16(22)15-12-18-13-17(21-15)20-10-8-14-6-2-4-9-19-14/h2,4,6,9,12-13,16H,3,5,7-8,10-11H2,1H3,(H,20,21)/t16-/m0/s1. The second-order valence-electron chi connectivity index (χ2n) is 5.82. The predicted octanol–water partition coefficient (Wildman–Crippen LogP) is 2.68. The minimum atomic E-state index is 0.402. The summed E-state index contributed by atoms with van der Waals surface area (Å²) in [5, 5.41) is 3.36. The molecule has 22 heavy (non-hydrogen) atoms. The molecular formula is C17H23N5. The summed E-state index contributed by atoms with van der Waals surface area (Å²) in [6, 6.07) is 6.40. The number of likely N-dealkylation sites (tertiary alicyclic amines) is 1. The van der Waals surface area contributed by atoms with Gasteiger partial charge in [-0.1, -0.05) is 12.5 Å². The Morgan fingerprint density at radius 2 is 2.23 bits per heavy atom. The molecule has 0 aromatic carbocycles. The van der Waals surface area contributed by atoms with E-state index in [-0.39, 0.29) is 0 Å². The molecule has 3 heterocycles. The third kappa shape index (κ3) is 3.80. The third-order valence-corrected chi connectivity index (χ3v) is 4.18. The summed E-state index contributed by atoms with van der Waals surface area (Å²) in [7, 11) is 2.17. The molecular weight excluding hydrogens is 274 g/mol. The number of hydrogen-bond donors (Lipinski definition) is 1. The highest BCUT2D eigenvalue weighted by molar-refractivity contribution is 5.32. The molecule has 0 bridgehead atoms. The highest BCUT2D eigenvalue weighted by Gasteiger charge is 2.22. The zero-order valence-electron chi connectivity index (χ0n) is 13.1. The van der Waals surface area contributed by atoms with Crippen molar-refractivity contribution in [2.45, 2.75) is 31.7 Å². The summed E-state index contributed by atoms with van der Waals surface area (Å²) >= 11 is 0. The molecule has 3 rings (SSSR count). The van der Waals surface area contributed by atoms with Crippen molar-refractivity contribution in [2.75, 3.05) is 25.5 Å². The van der Waals surface area contributed by atoms with Crippen LogP contribution in [0.2, 0.25) is 0 Å². The Balaban J connectivity index is 1.59. The first-order valence-electron chi connectivity index (χ1n) is 7.99. The van der Waals surface area contributed by atoms with Gasteiger partial charge in [0, 0.05) is 24.9 Å². The summed E-state index contributed by atoms with van der Waals surface area (Å²) < 4.78 is 0. The van der Waals surface area contributed by atoms with Gasteiger partial charge in [-0.15, -0.1) is 0 Å². The second-order valence-corrected chi connectivity index (χ2v) is 5.82. The Bertz CT molecular complexity index is 587. The molecule has 2 aromatic rings.